The molecule has 0 unspecified atom stereocenters. The molecule has 2 aromatic carbocycles. The van der Waals surface area contributed by atoms with E-state index in [1.54, 1.807) is 6.07 Å². The van der Waals surface area contributed by atoms with E-state index in [9.17, 15) is 0 Å². The molecule has 0 atom stereocenters. The largest absolute Gasteiger partial charge is 0.249 e. The van der Waals surface area contributed by atoms with Gasteiger partial charge in [0.1, 0.15) is 0 Å². The van der Waals surface area contributed by atoms with Gasteiger partial charge < -0.3 is 0 Å². The Morgan fingerprint density at radius 3 is 2.60 bits per heavy atom. The van der Waals surface area contributed by atoms with Gasteiger partial charge in [-0.2, -0.15) is 5.10 Å². The van der Waals surface area contributed by atoms with Gasteiger partial charge in [0.2, 0.25) is 0 Å². The second kappa shape index (κ2) is 8.72. The van der Waals surface area contributed by atoms with Crippen LogP contribution in [-0.4, -0.2) is 27.9 Å². The molecule has 0 bridgehead atoms. The summed E-state index contributed by atoms with van der Waals surface area (Å²) in [6, 6.07) is 14.3. The first-order valence-electron chi connectivity index (χ1n) is 10.8. The third kappa shape index (κ3) is 3.90. The molecule has 156 valence electrons. The Hall–Kier alpha value is -1.85. The summed E-state index contributed by atoms with van der Waals surface area (Å²) in [6.07, 6.45) is 7.07. The van der Waals surface area contributed by atoms with Crippen LogP contribution in [0.15, 0.2) is 42.5 Å². The van der Waals surface area contributed by atoms with Crippen LogP contribution in [0.2, 0.25) is 10.0 Å². The normalized spacial score (nSPS) is 16.7. The summed E-state index contributed by atoms with van der Waals surface area (Å²) >= 11 is 12.8. The van der Waals surface area contributed by atoms with E-state index in [0.717, 1.165) is 50.3 Å². The average Bonchev–Trinajstić information content (AvgIpc) is 2.99. The number of piperidine rings is 1. The summed E-state index contributed by atoms with van der Waals surface area (Å²) < 4.78 is 2.03. The molecule has 1 aliphatic heterocycles. The molecule has 1 fully saturated rings. The third-order valence-electron chi connectivity index (χ3n) is 6.18. The number of benzene rings is 2. The molecule has 0 radical (unpaired) electrons. The van der Waals surface area contributed by atoms with Crippen molar-refractivity contribution in [3.63, 3.8) is 0 Å². The molecule has 5 rings (SSSR count). The summed E-state index contributed by atoms with van der Waals surface area (Å²) in [5.41, 5.74) is 10.7. The minimum absolute atomic E-state index is 0.616. The van der Waals surface area contributed by atoms with Crippen molar-refractivity contribution >= 4 is 23.2 Å². The van der Waals surface area contributed by atoms with Crippen molar-refractivity contribution in [2.45, 2.75) is 45.1 Å². The zero-order valence-electron chi connectivity index (χ0n) is 17.0. The van der Waals surface area contributed by atoms with Crippen LogP contribution in [0.25, 0.3) is 16.9 Å². The highest BCUT2D eigenvalue weighted by atomic mass is 35.5. The highest BCUT2D eigenvalue weighted by Gasteiger charge is 2.25. The zero-order valence-corrected chi connectivity index (χ0v) is 18.5. The van der Waals surface area contributed by atoms with Gasteiger partial charge in [0.05, 0.1) is 28.6 Å². The van der Waals surface area contributed by atoms with Crippen molar-refractivity contribution in [2.75, 3.05) is 13.1 Å². The molecule has 30 heavy (non-hydrogen) atoms. The number of halogens is 2. The molecule has 1 N–H and O–H groups in total. The Morgan fingerprint density at radius 1 is 0.933 bits per heavy atom. The lowest BCUT2D eigenvalue weighted by Gasteiger charge is -2.26. The number of hydrazine groups is 1. The Bertz CT molecular complexity index is 1050. The molecule has 2 heterocycles. The number of hydrogen-bond donors (Lipinski definition) is 1. The van der Waals surface area contributed by atoms with Crippen LogP contribution < -0.4 is 5.43 Å². The highest BCUT2D eigenvalue weighted by Crippen LogP contribution is 2.37. The van der Waals surface area contributed by atoms with Gasteiger partial charge in [0.15, 0.2) is 0 Å². The quantitative estimate of drug-likeness (QED) is 0.554. The summed E-state index contributed by atoms with van der Waals surface area (Å²) in [7, 11) is 0. The predicted molar refractivity (Wildman–Crippen MR) is 123 cm³/mol. The maximum Gasteiger partial charge on any atom is 0.0840 e. The maximum absolute atomic E-state index is 6.61. The van der Waals surface area contributed by atoms with Gasteiger partial charge in [-0.25, -0.2) is 15.1 Å². The van der Waals surface area contributed by atoms with E-state index in [0.29, 0.717) is 10.0 Å². The zero-order chi connectivity index (χ0) is 20.5. The van der Waals surface area contributed by atoms with E-state index in [2.05, 4.69) is 34.7 Å². The summed E-state index contributed by atoms with van der Waals surface area (Å²) in [5, 5.41) is 8.67. The number of nitrogens with one attached hydrogen (secondary N) is 1. The molecule has 6 heteroatoms. The summed E-state index contributed by atoms with van der Waals surface area (Å²) in [5.74, 6) is 0. The Morgan fingerprint density at radius 2 is 1.77 bits per heavy atom. The standard InChI is InChI=1S/C24H26Cl2N4/c25-18-11-12-23(21(26)15-18)30-24-19-9-3-2-7-17(19)8-6-10-20(24)22(28-30)16-27-29-13-4-1-5-14-29/h2-3,7,9,11-12,15,27H,1,4-6,8,10,13-14,16H2. The van der Waals surface area contributed by atoms with Crippen LogP contribution in [0.4, 0.5) is 0 Å². The van der Waals surface area contributed by atoms with Crippen molar-refractivity contribution < 1.29 is 0 Å². The molecular weight excluding hydrogens is 415 g/mol. The third-order valence-corrected chi connectivity index (χ3v) is 6.71. The lowest BCUT2D eigenvalue weighted by atomic mass is 10.0. The number of nitrogens with zero attached hydrogens (tertiary/aromatic N) is 3. The fourth-order valence-corrected chi connectivity index (χ4v) is 5.16. The molecular formula is C24H26Cl2N4. The van der Waals surface area contributed by atoms with E-state index in [-0.39, 0.29) is 0 Å². The summed E-state index contributed by atoms with van der Waals surface area (Å²) in [6.45, 7) is 2.95. The van der Waals surface area contributed by atoms with E-state index in [1.165, 1.54) is 41.6 Å². The lowest BCUT2D eigenvalue weighted by Crippen LogP contribution is -2.41. The van der Waals surface area contributed by atoms with Gasteiger partial charge in [-0.05, 0) is 55.9 Å². The molecule has 0 spiro atoms. The first-order chi connectivity index (χ1) is 14.7. The van der Waals surface area contributed by atoms with Crippen molar-refractivity contribution in [1.82, 2.24) is 20.2 Å². The fourth-order valence-electron chi connectivity index (χ4n) is 4.67. The minimum Gasteiger partial charge on any atom is -0.249 e. The van der Waals surface area contributed by atoms with Crippen LogP contribution in [0.5, 0.6) is 0 Å². The lowest BCUT2D eigenvalue weighted by molar-refractivity contribution is 0.150. The Labute approximate surface area is 187 Å². The highest BCUT2D eigenvalue weighted by molar-refractivity contribution is 6.35. The smallest absolute Gasteiger partial charge is 0.0840 e. The van der Waals surface area contributed by atoms with Crippen LogP contribution in [-0.2, 0) is 19.4 Å². The SMILES string of the molecule is Clc1ccc(-n2nc(CNN3CCCCC3)c3c2-c2ccccc2CCC3)c(Cl)c1. The molecule has 0 amide bonds. The molecule has 0 saturated carbocycles. The van der Waals surface area contributed by atoms with Gasteiger partial charge in [-0.15, -0.1) is 0 Å². The number of hydrogen-bond acceptors (Lipinski definition) is 3. The molecule has 1 aliphatic carbocycles. The molecule has 3 aromatic rings. The van der Waals surface area contributed by atoms with E-state index >= 15 is 0 Å². The van der Waals surface area contributed by atoms with Crippen LogP contribution in [0.1, 0.15) is 42.5 Å². The molecule has 2 aliphatic rings. The number of fused-ring (bicyclic) bond motifs is 3. The van der Waals surface area contributed by atoms with E-state index < -0.39 is 0 Å². The van der Waals surface area contributed by atoms with E-state index in [1.807, 2.05) is 16.8 Å². The van der Waals surface area contributed by atoms with Crippen molar-refractivity contribution in [2.24, 2.45) is 0 Å². The summed E-state index contributed by atoms with van der Waals surface area (Å²) in [4.78, 5) is 0. The molecule has 1 saturated heterocycles. The minimum atomic E-state index is 0.616. The average molecular weight is 441 g/mol. The number of aryl methyl sites for hydroxylation is 1. The van der Waals surface area contributed by atoms with Gasteiger partial charge in [0.25, 0.3) is 0 Å². The first kappa shape index (κ1) is 20.1. The Balaban J connectivity index is 1.60. The van der Waals surface area contributed by atoms with Crippen LogP contribution in [0, 0.1) is 0 Å². The van der Waals surface area contributed by atoms with Gasteiger partial charge in [-0.1, -0.05) is 53.9 Å². The molecule has 1 aromatic heterocycles. The Kier molecular flexibility index (Phi) is 5.83. The van der Waals surface area contributed by atoms with E-state index in [4.69, 9.17) is 28.3 Å². The van der Waals surface area contributed by atoms with Crippen molar-refractivity contribution in [3.8, 4) is 16.9 Å². The first-order valence-corrected chi connectivity index (χ1v) is 11.6. The monoisotopic (exact) mass is 440 g/mol. The second-order valence-corrected chi connectivity index (χ2v) is 9.02. The number of rotatable bonds is 4. The van der Waals surface area contributed by atoms with Crippen LogP contribution >= 0.6 is 23.2 Å². The number of aromatic nitrogens is 2. The van der Waals surface area contributed by atoms with Gasteiger partial charge in [0, 0.05) is 29.2 Å². The second-order valence-electron chi connectivity index (χ2n) is 8.17. The predicted octanol–water partition coefficient (Wildman–Crippen LogP) is 5.83. The van der Waals surface area contributed by atoms with Crippen LogP contribution in [0.3, 0.4) is 0 Å². The fraction of sp³-hybridized carbons (Fsp3) is 0.375. The molecule has 4 nitrogen and oxygen atoms in total. The topological polar surface area (TPSA) is 33.1 Å². The van der Waals surface area contributed by atoms with Crippen molar-refractivity contribution in [3.05, 3.63) is 69.3 Å². The maximum atomic E-state index is 6.61. The van der Waals surface area contributed by atoms with Crippen molar-refractivity contribution in [1.29, 1.82) is 0 Å². The van der Waals surface area contributed by atoms with Gasteiger partial charge >= 0.3 is 0 Å². The van der Waals surface area contributed by atoms with Gasteiger partial charge in [-0.3, -0.25) is 0 Å².